The van der Waals surface area contributed by atoms with Gasteiger partial charge in [-0.25, -0.2) is 9.67 Å². The third-order valence-electron chi connectivity index (χ3n) is 5.85. The molecule has 3 nitrogen and oxygen atoms in total. The number of fused-ring (bicyclic) bond motifs is 1. The Morgan fingerprint density at radius 1 is 0.742 bits per heavy atom. The average molecular weight is 424 g/mol. The molecule has 0 aliphatic carbocycles. The molecule has 0 radical (unpaired) electrons. The van der Waals surface area contributed by atoms with Gasteiger partial charge < -0.3 is 0 Å². The summed E-state index contributed by atoms with van der Waals surface area (Å²) < 4.78 is 2.13. The maximum absolute atomic E-state index is 6.58. The third-order valence-corrected chi connectivity index (χ3v) is 6.13. The smallest absolute Gasteiger partial charge is 0.140 e. The summed E-state index contributed by atoms with van der Waals surface area (Å²) >= 11 is 6.58. The van der Waals surface area contributed by atoms with Crippen LogP contribution in [0.4, 0.5) is 0 Å². The molecule has 0 saturated heterocycles. The van der Waals surface area contributed by atoms with Crippen LogP contribution in [-0.2, 0) is 12.0 Å². The third kappa shape index (κ3) is 3.05. The summed E-state index contributed by atoms with van der Waals surface area (Å²) in [5.41, 5.74) is 4.64. The quantitative estimate of drug-likeness (QED) is 0.239. The first-order chi connectivity index (χ1) is 15.3. The molecule has 0 aliphatic heterocycles. The van der Waals surface area contributed by atoms with E-state index in [2.05, 4.69) is 89.4 Å². The summed E-state index contributed by atoms with van der Waals surface area (Å²) in [4.78, 5) is 4.34. The molecule has 0 atom stereocenters. The first-order valence-electron chi connectivity index (χ1n) is 10.5. The number of hydrogen-bond acceptors (Lipinski definition) is 2. The van der Waals surface area contributed by atoms with Crippen LogP contribution in [0.5, 0.6) is 0 Å². The molecular weight excluding hydrogens is 402 g/mol. The molecule has 4 heteroatoms. The molecule has 31 heavy (non-hydrogen) atoms. The molecule has 5 aromatic rings. The maximum Gasteiger partial charge on any atom is 0.140 e. The van der Waals surface area contributed by atoms with Crippen LogP contribution in [0.25, 0.3) is 10.9 Å². The second kappa shape index (κ2) is 8.01. The summed E-state index contributed by atoms with van der Waals surface area (Å²) in [5.74, 6) is 0. The number of halogens is 1. The number of pyridine rings is 1. The van der Waals surface area contributed by atoms with Crippen molar-refractivity contribution < 1.29 is 0 Å². The maximum atomic E-state index is 6.58. The van der Waals surface area contributed by atoms with Gasteiger partial charge in [-0.2, -0.15) is 5.10 Å². The highest BCUT2D eigenvalue weighted by atomic mass is 35.5. The summed E-state index contributed by atoms with van der Waals surface area (Å²) in [6, 6.07) is 33.6. The van der Waals surface area contributed by atoms with Crippen LogP contribution >= 0.6 is 11.6 Å². The molecule has 2 aromatic heterocycles. The van der Waals surface area contributed by atoms with Gasteiger partial charge in [-0.3, -0.25) is 0 Å². The second-order valence-corrected chi connectivity index (χ2v) is 7.87. The Balaban J connectivity index is 2.00. The van der Waals surface area contributed by atoms with E-state index in [4.69, 9.17) is 16.7 Å². The predicted octanol–water partition coefficient (Wildman–Crippen LogP) is 6.49. The highest BCUT2D eigenvalue weighted by molar-refractivity contribution is 6.34. The fraction of sp³-hybridized carbons (Fsp3) is 0.111. The number of aromatic nitrogens is 3. The molecular formula is C27H22ClN3. The minimum Gasteiger partial charge on any atom is -0.245 e. The molecule has 0 N–H and O–H groups in total. The van der Waals surface area contributed by atoms with E-state index in [1.807, 2.05) is 24.3 Å². The van der Waals surface area contributed by atoms with Crippen LogP contribution in [0.3, 0.4) is 0 Å². The van der Waals surface area contributed by atoms with Gasteiger partial charge >= 0.3 is 0 Å². The van der Waals surface area contributed by atoms with Crippen molar-refractivity contribution >= 4 is 22.5 Å². The number of rotatable bonds is 5. The van der Waals surface area contributed by atoms with Crippen LogP contribution in [0.2, 0.25) is 5.15 Å². The van der Waals surface area contributed by atoms with E-state index in [0.717, 1.165) is 39.7 Å². The Bertz CT molecular complexity index is 1220. The Hall–Kier alpha value is -3.43. The largest absolute Gasteiger partial charge is 0.245 e. The van der Waals surface area contributed by atoms with Crippen molar-refractivity contribution in [1.82, 2.24) is 14.8 Å². The molecule has 2 heterocycles. The zero-order chi connectivity index (χ0) is 21.3. The molecule has 0 spiro atoms. The van der Waals surface area contributed by atoms with E-state index in [1.54, 1.807) is 6.20 Å². The lowest BCUT2D eigenvalue weighted by Crippen LogP contribution is -2.38. The molecule has 0 amide bonds. The standard InChI is InChI=1S/C27H22ClN3/c1-2-23-25-24(18-19-29-26(25)28)31(30-23)27(20-12-6-3-7-13-20,21-14-8-4-9-15-21)22-16-10-5-11-17-22/h3-19H,2H2,1H3. The van der Waals surface area contributed by atoms with Gasteiger partial charge in [-0.15, -0.1) is 0 Å². The van der Waals surface area contributed by atoms with Gasteiger partial charge in [0.1, 0.15) is 10.7 Å². The molecule has 0 aliphatic rings. The van der Waals surface area contributed by atoms with Crippen molar-refractivity contribution in [1.29, 1.82) is 0 Å². The first-order valence-corrected chi connectivity index (χ1v) is 10.8. The Kier molecular flexibility index (Phi) is 5.05. The van der Waals surface area contributed by atoms with Crippen LogP contribution < -0.4 is 0 Å². The lowest BCUT2D eigenvalue weighted by Gasteiger charge is -2.37. The number of aryl methyl sites for hydroxylation is 1. The number of benzene rings is 3. The van der Waals surface area contributed by atoms with Gasteiger partial charge in [0.25, 0.3) is 0 Å². The fourth-order valence-electron chi connectivity index (χ4n) is 4.50. The summed E-state index contributed by atoms with van der Waals surface area (Å²) in [6.45, 7) is 2.10. The van der Waals surface area contributed by atoms with Crippen LogP contribution in [0.15, 0.2) is 103 Å². The predicted molar refractivity (Wildman–Crippen MR) is 127 cm³/mol. The van der Waals surface area contributed by atoms with Gasteiger partial charge in [0, 0.05) is 6.20 Å². The molecule has 0 unspecified atom stereocenters. The van der Waals surface area contributed by atoms with Crippen molar-refractivity contribution in [3.63, 3.8) is 0 Å². The minimum absolute atomic E-state index is 0.490. The molecule has 152 valence electrons. The zero-order valence-corrected chi connectivity index (χ0v) is 18.0. The molecule has 5 rings (SSSR count). The van der Waals surface area contributed by atoms with Crippen LogP contribution in [-0.4, -0.2) is 14.8 Å². The Morgan fingerprint density at radius 3 is 1.68 bits per heavy atom. The van der Waals surface area contributed by atoms with Gasteiger partial charge in [0.15, 0.2) is 0 Å². The van der Waals surface area contributed by atoms with Crippen molar-refractivity contribution in [3.05, 3.63) is 131 Å². The van der Waals surface area contributed by atoms with Crippen molar-refractivity contribution in [2.24, 2.45) is 0 Å². The Morgan fingerprint density at radius 2 is 1.23 bits per heavy atom. The van der Waals surface area contributed by atoms with Gasteiger partial charge in [-0.1, -0.05) is 110 Å². The minimum atomic E-state index is -0.667. The summed E-state index contributed by atoms with van der Waals surface area (Å²) in [7, 11) is 0. The molecule has 0 bridgehead atoms. The highest BCUT2D eigenvalue weighted by Gasteiger charge is 2.40. The average Bonchev–Trinajstić information content (AvgIpc) is 3.22. The SMILES string of the molecule is CCc1nn(C(c2ccccc2)(c2ccccc2)c2ccccc2)c2ccnc(Cl)c12. The van der Waals surface area contributed by atoms with Crippen LogP contribution in [0.1, 0.15) is 29.3 Å². The number of hydrogen-bond donors (Lipinski definition) is 0. The van der Waals surface area contributed by atoms with E-state index in [9.17, 15) is 0 Å². The van der Waals surface area contributed by atoms with Gasteiger partial charge in [0.2, 0.25) is 0 Å². The first kappa shape index (κ1) is 19.5. The van der Waals surface area contributed by atoms with Gasteiger partial charge in [-0.05, 0) is 29.2 Å². The Labute approximate surface area is 187 Å². The zero-order valence-electron chi connectivity index (χ0n) is 17.2. The monoisotopic (exact) mass is 423 g/mol. The second-order valence-electron chi connectivity index (χ2n) is 7.52. The van der Waals surface area contributed by atoms with E-state index in [1.165, 1.54) is 0 Å². The highest BCUT2D eigenvalue weighted by Crippen LogP contribution is 2.43. The van der Waals surface area contributed by atoms with E-state index < -0.39 is 5.54 Å². The lowest BCUT2D eigenvalue weighted by atomic mass is 9.77. The lowest BCUT2D eigenvalue weighted by molar-refractivity contribution is 0.471. The fourth-order valence-corrected chi connectivity index (χ4v) is 4.77. The number of nitrogens with zero attached hydrogens (tertiary/aromatic N) is 3. The molecule has 3 aromatic carbocycles. The van der Waals surface area contributed by atoms with E-state index in [0.29, 0.717) is 5.15 Å². The molecule has 0 fully saturated rings. The summed E-state index contributed by atoms with van der Waals surface area (Å²) in [6.07, 6.45) is 2.53. The summed E-state index contributed by atoms with van der Waals surface area (Å²) in [5, 5.41) is 6.57. The van der Waals surface area contributed by atoms with Crippen molar-refractivity contribution in [2.75, 3.05) is 0 Å². The van der Waals surface area contributed by atoms with Crippen LogP contribution in [0, 0.1) is 0 Å². The topological polar surface area (TPSA) is 30.7 Å². The van der Waals surface area contributed by atoms with Crippen molar-refractivity contribution in [2.45, 2.75) is 18.9 Å². The van der Waals surface area contributed by atoms with Gasteiger partial charge in [0.05, 0.1) is 16.6 Å². The molecule has 0 saturated carbocycles. The van der Waals surface area contributed by atoms with Crippen molar-refractivity contribution in [3.8, 4) is 0 Å². The van der Waals surface area contributed by atoms with E-state index >= 15 is 0 Å². The normalized spacial score (nSPS) is 11.7. The van der Waals surface area contributed by atoms with E-state index in [-0.39, 0.29) is 0 Å².